The van der Waals surface area contributed by atoms with E-state index in [2.05, 4.69) is 6.58 Å². The number of allylic oxidation sites excluding steroid dienone is 1. The molecule has 1 aromatic carbocycles. The third-order valence-electron chi connectivity index (χ3n) is 3.50. The lowest BCUT2D eigenvalue weighted by atomic mass is 9.70. The van der Waals surface area contributed by atoms with Crippen molar-refractivity contribution >= 4 is 11.8 Å². The van der Waals surface area contributed by atoms with Gasteiger partial charge in [-0.2, -0.15) is 10.5 Å². The summed E-state index contributed by atoms with van der Waals surface area (Å²) >= 11 is 0. The van der Waals surface area contributed by atoms with Gasteiger partial charge in [0.2, 0.25) is 0 Å². The Morgan fingerprint density at radius 1 is 1.26 bits per heavy atom. The molecule has 0 aliphatic rings. The normalized spacial score (nSPS) is 11.7. The van der Waals surface area contributed by atoms with E-state index in [0.717, 1.165) is 0 Å². The molecular formula is C18H18N2O3. The molecule has 23 heavy (non-hydrogen) atoms. The van der Waals surface area contributed by atoms with E-state index in [4.69, 9.17) is 4.74 Å². The molecule has 1 unspecified atom stereocenters. The number of carbonyl (C=O) groups is 2. The van der Waals surface area contributed by atoms with Crippen LogP contribution in [0, 0.1) is 28.1 Å². The number of benzene rings is 1. The van der Waals surface area contributed by atoms with E-state index >= 15 is 0 Å². The summed E-state index contributed by atoms with van der Waals surface area (Å²) in [5.74, 6) is -0.767. The predicted molar refractivity (Wildman–Crippen MR) is 84.3 cm³/mol. The van der Waals surface area contributed by atoms with Gasteiger partial charge in [0, 0.05) is 19.3 Å². The maximum Gasteiger partial charge on any atom is 0.308 e. The first kappa shape index (κ1) is 18.1. The largest absolute Gasteiger partial charge is 0.427 e. The molecule has 0 spiro atoms. The van der Waals surface area contributed by atoms with E-state index < -0.39 is 17.3 Å². The van der Waals surface area contributed by atoms with Crippen molar-refractivity contribution in [3.8, 4) is 17.9 Å². The van der Waals surface area contributed by atoms with Crippen LogP contribution in [0.25, 0.3) is 0 Å². The third-order valence-corrected chi connectivity index (χ3v) is 3.50. The minimum Gasteiger partial charge on any atom is -0.427 e. The van der Waals surface area contributed by atoms with Crippen LogP contribution in [0.5, 0.6) is 5.75 Å². The maximum absolute atomic E-state index is 11.6. The Hall–Kier alpha value is -2.92. The lowest BCUT2D eigenvalue weighted by Crippen LogP contribution is -2.27. The highest BCUT2D eigenvalue weighted by molar-refractivity contribution is 5.77. The SMILES string of the molecule is C=CCC(C#N)(C#N)C(CC(C)=O)c1ccc(OC(C)=O)cc1. The standard InChI is InChI=1S/C18H18N2O3/c1-4-9-18(11-19,12-20)17(10-13(2)21)15-5-7-16(8-6-15)23-14(3)22/h4-8,17H,1,9-10H2,2-3H3. The van der Waals surface area contributed by atoms with Gasteiger partial charge in [0.25, 0.3) is 0 Å². The highest BCUT2D eigenvalue weighted by Gasteiger charge is 2.40. The molecule has 0 aliphatic heterocycles. The van der Waals surface area contributed by atoms with Crippen molar-refractivity contribution in [3.63, 3.8) is 0 Å². The first-order valence-electron chi connectivity index (χ1n) is 7.09. The van der Waals surface area contributed by atoms with Crippen molar-refractivity contribution in [2.24, 2.45) is 5.41 Å². The average molecular weight is 310 g/mol. The number of nitrogens with zero attached hydrogens (tertiary/aromatic N) is 2. The molecular weight excluding hydrogens is 292 g/mol. The van der Waals surface area contributed by atoms with Gasteiger partial charge in [-0.25, -0.2) is 0 Å². The van der Waals surface area contributed by atoms with Crippen LogP contribution in [0.15, 0.2) is 36.9 Å². The van der Waals surface area contributed by atoms with Crippen LogP contribution in [0.2, 0.25) is 0 Å². The van der Waals surface area contributed by atoms with Gasteiger partial charge in [0.15, 0.2) is 5.41 Å². The fourth-order valence-corrected chi connectivity index (χ4v) is 2.44. The highest BCUT2D eigenvalue weighted by atomic mass is 16.5. The molecule has 1 aromatic rings. The minimum absolute atomic E-state index is 0.0713. The summed E-state index contributed by atoms with van der Waals surface area (Å²) in [5, 5.41) is 19.0. The highest BCUT2D eigenvalue weighted by Crippen LogP contribution is 2.41. The molecule has 0 saturated carbocycles. The van der Waals surface area contributed by atoms with Crippen molar-refractivity contribution in [2.45, 2.75) is 32.6 Å². The summed E-state index contributed by atoms with van der Waals surface area (Å²) in [5.41, 5.74) is -0.697. The lowest BCUT2D eigenvalue weighted by molar-refractivity contribution is -0.131. The van der Waals surface area contributed by atoms with Gasteiger partial charge in [-0.1, -0.05) is 18.2 Å². The quantitative estimate of drug-likeness (QED) is 0.438. The topological polar surface area (TPSA) is 91.0 Å². The second kappa shape index (κ2) is 7.91. The summed E-state index contributed by atoms with van der Waals surface area (Å²) in [6.45, 7) is 6.32. The molecule has 118 valence electrons. The molecule has 0 N–H and O–H groups in total. The Labute approximate surface area is 135 Å². The minimum atomic E-state index is -1.36. The average Bonchev–Trinajstić information content (AvgIpc) is 2.51. The van der Waals surface area contributed by atoms with Crippen molar-refractivity contribution < 1.29 is 14.3 Å². The van der Waals surface area contributed by atoms with Crippen LogP contribution >= 0.6 is 0 Å². The Kier molecular flexibility index (Phi) is 6.24. The summed E-state index contributed by atoms with van der Waals surface area (Å²) in [4.78, 5) is 22.6. The van der Waals surface area contributed by atoms with Crippen LogP contribution in [0.1, 0.15) is 38.2 Å². The number of carbonyl (C=O) groups excluding carboxylic acids is 2. The van der Waals surface area contributed by atoms with Crippen LogP contribution in [0.4, 0.5) is 0 Å². The van der Waals surface area contributed by atoms with Crippen LogP contribution < -0.4 is 4.74 Å². The van der Waals surface area contributed by atoms with Crippen molar-refractivity contribution in [1.82, 2.24) is 0 Å². The van der Waals surface area contributed by atoms with E-state index in [1.807, 2.05) is 12.1 Å². The molecule has 0 aliphatic carbocycles. The van der Waals surface area contributed by atoms with E-state index in [9.17, 15) is 20.1 Å². The Morgan fingerprint density at radius 3 is 2.22 bits per heavy atom. The Balaban J connectivity index is 3.28. The van der Waals surface area contributed by atoms with Crippen LogP contribution in [-0.4, -0.2) is 11.8 Å². The molecule has 0 radical (unpaired) electrons. The Morgan fingerprint density at radius 2 is 1.83 bits per heavy atom. The lowest BCUT2D eigenvalue weighted by Gasteiger charge is -2.28. The van der Waals surface area contributed by atoms with Gasteiger partial charge >= 0.3 is 5.97 Å². The maximum atomic E-state index is 11.6. The molecule has 1 rings (SSSR count). The van der Waals surface area contributed by atoms with Gasteiger partial charge in [0.05, 0.1) is 12.1 Å². The molecule has 5 heteroatoms. The number of ketones is 1. The molecule has 0 bridgehead atoms. The molecule has 0 saturated heterocycles. The molecule has 5 nitrogen and oxygen atoms in total. The monoisotopic (exact) mass is 310 g/mol. The molecule has 1 atom stereocenters. The van der Waals surface area contributed by atoms with Crippen LogP contribution in [0.3, 0.4) is 0 Å². The molecule has 0 heterocycles. The second-order valence-electron chi connectivity index (χ2n) is 5.31. The Bertz CT molecular complexity index is 664. The van der Waals surface area contributed by atoms with Crippen LogP contribution in [-0.2, 0) is 9.59 Å². The number of hydrogen-bond acceptors (Lipinski definition) is 5. The van der Waals surface area contributed by atoms with Gasteiger partial charge in [-0.15, -0.1) is 6.58 Å². The number of Topliss-reactive ketones (excluding diaryl/α,β-unsaturated/α-hetero) is 1. The molecule has 0 amide bonds. The number of hydrogen-bond donors (Lipinski definition) is 0. The number of ether oxygens (including phenoxy) is 1. The van der Waals surface area contributed by atoms with Crippen molar-refractivity contribution in [1.29, 1.82) is 10.5 Å². The predicted octanol–water partition coefficient (Wildman–Crippen LogP) is 3.28. The molecule has 0 aromatic heterocycles. The number of rotatable bonds is 7. The molecule has 0 fully saturated rings. The van der Waals surface area contributed by atoms with E-state index in [0.29, 0.717) is 11.3 Å². The van der Waals surface area contributed by atoms with Gasteiger partial charge in [0.1, 0.15) is 11.5 Å². The van der Waals surface area contributed by atoms with Crippen molar-refractivity contribution in [2.75, 3.05) is 0 Å². The first-order chi connectivity index (χ1) is 10.9. The zero-order valence-electron chi connectivity index (χ0n) is 13.2. The third kappa shape index (κ3) is 4.52. The van der Waals surface area contributed by atoms with Gasteiger partial charge in [-0.3, -0.25) is 4.79 Å². The van der Waals surface area contributed by atoms with E-state index in [1.165, 1.54) is 19.9 Å². The zero-order valence-corrected chi connectivity index (χ0v) is 13.2. The second-order valence-corrected chi connectivity index (χ2v) is 5.31. The number of nitriles is 2. The first-order valence-corrected chi connectivity index (χ1v) is 7.09. The zero-order chi connectivity index (χ0) is 17.5. The smallest absolute Gasteiger partial charge is 0.308 e. The summed E-state index contributed by atoms with van der Waals surface area (Å²) in [7, 11) is 0. The van der Waals surface area contributed by atoms with E-state index in [-0.39, 0.29) is 18.6 Å². The van der Waals surface area contributed by atoms with Gasteiger partial charge in [-0.05, 0) is 31.0 Å². The summed E-state index contributed by atoms with van der Waals surface area (Å²) < 4.78 is 4.96. The van der Waals surface area contributed by atoms with Gasteiger partial charge < -0.3 is 9.53 Å². The fourth-order valence-electron chi connectivity index (χ4n) is 2.44. The fraction of sp³-hybridized carbons (Fsp3) is 0.333. The number of esters is 1. The van der Waals surface area contributed by atoms with Crippen molar-refractivity contribution in [3.05, 3.63) is 42.5 Å². The summed E-state index contributed by atoms with van der Waals surface area (Å²) in [6.07, 6.45) is 1.73. The summed E-state index contributed by atoms with van der Waals surface area (Å²) in [6, 6.07) is 10.6. The van der Waals surface area contributed by atoms with E-state index in [1.54, 1.807) is 24.3 Å².